The molecule has 1 atom stereocenters. The Morgan fingerprint density at radius 1 is 1.75 bits per heavy atom. The van der Waals surface area contributed by atoms with Gasteiger partial charge >= 0.3 is 5.97 Å². The molecule has 8 heavy (non-hydrogen) atoms. The first kappa shape index (κ1) is 5.56. The smallest absolute Gasteiger partial charge is 0.334 e. The summed E-state index contributed by atoms with van der Waals surface area (Å²) in [6.45, 7) is 0.468. The van der Waals surface area contributed by atoms with E-state index in [9.17, 15) is 4.79 Å². The molecule has 3 heteroatoms. The second-order valence-corrected chi connectivity index (χ2v) is 1.83. The molecule has 1 N–H and O–H groups in total. The minimum Gasteiger partial charge on any atom is -0.464 e. The van der Waals surface area contributed by atoms with Crippen LogP contribution in [0.5, 0.6) is 0 Å². The molecule has 1 rings (SSSR count). The van der Waals surface area contributed by atoms with E-state index < -0.39 is 12.1 Å². The average molecular weight is 116 g/mol. The molecule has 1 saturated heterocycles. The second kappa shape index (κ2) is 2.13. The lowest BCUT2D eigenvalue weighted by Gasteiger charge is -2.14. The van der Waals surface area contributed by atoms with Gasteiger partial charge in [-0.05, 0) is 12.8 Å². The first-order chi connectivity index (χ1) is 3.80. The van der Waals surface area contributed by atoms with Crippen molar-refractivity contribution in [2.75, 3.05) is 6.61 Å². The number of rotatable bonds is 0. The van der Waals surface area contributed by atoms with E-state index in [2.05, 4.69) is 4.74 Å². The van der Waals surface area contributed by atoms with E-state index >= 15 is 0 Å². The summed E-state index contributed by atoms with van der Waals surface area (Å²) < 4.78 is 4.50. The molecular weight excluding hydrogens is 108 g/mol. The number of hydrogen-bond acceptors (Lipinski definition) is 3. The molecule has 0 aromatic carbocycles. The average Bonchev–Trinajstić information content (AvgIpc) is 1.77. The van der Waals surface area contributed by atoms with E-state index in [1.807, 2.05) is 0 Å². The Bertz CT molecular complexity index is 99.8. The second-order valence-electron chi connectivity index (χ2n) is 1.83. The minimum absolute atomic E-state index is 0.468. The highest BCUT2D eigenvalue weighted by Crippen LogP contribution is 2.05. The summed E-state index contributed by atoms with van der Waals surface area (Å²) in [5.74, 6) is -0.476. The van der Waals surface area contributed by atoms with Crippen molar-refractivity contribution in [3.8, 4) is 0 Å². The predicted molar refractivity (Wildman–Crippen MR) is 26.2 cm³/mol. The molecular formula is C5H8O3. The number of ether oxygens (including phenoxy) is 1. The van der Waals surface area contributed by atoms with Crippen LogP contribution in [-0.4, -0.2) is 23.8 Å². The first-order valence-electron chi connectivity index (χ1n) is 2.65. The van der Waals surface area contributed by atoms with Gasteiger partial charge in [0.05, 0.1) is 6.61 Å². The molecule has 0 saturated carbocycles. The zero-order chi connectivity index (χ0) is 5.98. The van der Waals surface area contributed by atoms with Gasteiger partial charge in [-0.25, -0.2) is 4.79 Å². The molecule has 1 heterocycles. The lowest BCUT2D eigenvalue weighted by molar-refractivity contribution is -0.158. The zero-order valence-corrected chi connectivity index (χ0v) is 4.46. The maximum atomic E-state index is 10.3. The minimum atomic E-state index is -0.858. The number of carbonyl (C=O) groups excluding carboxylic acids is 1. The number of aliphatic hydroxyl groups is 1. The number of aliphatic hydroxyl groups excluding tert-OH is 1. The van der Waals surface area contributed by atoms with Crippen LogP contribution in [0.15, 0.2) is 0 Å². The Labute approximate surface area is 47.3 Å². The Balaban J connectivity index is 2.39. The molecule has 0 bridgehead atoms. The Morgan fingerprint density at radius 3 is 2.88 bits per heavy atom. The van der Waals surface area contributed by atoms with Crippen molar-refractivity contribution in [1.29, 1.82) is 0 Å². The van der Waals surface area contributed by atoms with E-state index in [4.69, 9.17) is 5.11 Å². The summed E-state index contributed by atoms with van der Waals surface area (Å²) in [6, 6.07) is 0. The Hall–Kier alpha value is -0.570. The molecule has 0 aromatic rings. The SMILES string of the molecule is O=C1OCCC[C@@H]1O. The molecule has 0 unspecified atom stereocenters. The number of hydrogen-bond donors (Lipinski definition) is 1. The largest absolute Gasteiger partial charge is 0.464 e. The van der Waals surface area contributed by atoms with Gasteiger partial charge in [0.25, 0.3) is 0 Å². The molecule has 0 aliphatic carbocycles. The first-order valence-corrected chi connectivity index (χ1v) is 2.65. The third-order valence-corrected chi connectivity index (χ3v) is 1.14. The summed E-state index contributed by atoms with van der Waals surface area (Å²) in [5.41, 5.74) is 0. The number of esters is 1. The standard InChI is InChI=1S/C5H8O3/c6-4-2-1-3-8-5(4)7/h4,6H,1-3H2/t4-/m0/s1. The highest BCUT2D eigenvalue weighted by molar-refractivity contribution is 5.74. The van der Waals surface area contributed by atoms with E-state index in [1.54, 1.807) is 0 Å². The van der Waals surface area contributed by atoms with Crippen LogP contribution in [0.4, 0.5) is 0 Å². The van der Waals surface area contributed by atoms with Gasteiger partial charge in [-0.3, -0.25) is 0 Å². The van der Waals surface area contributed by atoms with Crippen molar-refractivity contribution in [2.45, 2.75) is 18.9 Å². The van der Waals surface area contributed by atoms with Gasteiger partial charge in [0.15, 0.2) is 6.10 Å². The Kier molecular flexibility index (Phi) is 1.48. The van der Waals surface area contributed by atoms with E-state index in [1.165, 1.54) is 0 Å². The monoisotopic (exact) mass is 116 g/mol. The molecule has 1 fully saturated rings. The molecule has 0 radical (unpaired) electrons. The van der Waals surface area contributed by atoms with Gasteiger partial charge in [0.2, 0.25) is 0 Å². The van der Waals surface area contributed by atoms with Crippen LogP contribution in [0.1, 0.15) is 12.8 Å². The van der Waals surface area contributed by atoms with Gasteiger partial charge in [-0.2, -0.15) is 0 Å². The molecule has 0 spiro atoms. The number of cyclic esters (lactones) is 1. The van der Waals surface area contributed by atoms with E-state index in [-0.39, 0.29) is 0 Å². The Morgan fingerprint density at radius 2 is 2.50 bits per heavy atom. The summed E-state index contributed by atoms with van der Waals surface area (Å²) in [7, 11) is 0. The van der Waals surface area contributed by atoms with Crippen LogP contribution in [0.25, 0.3) is 0 Å². The molecule has 1 aliphatic rings. The fourth-order valence-corrected chi connectivity index (χ4v) is 0.663. The maximum absolute atomic E-state index is 10.3. The maximum Gasteiger partial charge on any atom is 0.334 e. The normalized spacial score (nSPS) is 29.6. The van der Waals surface area contributed by atoms with Crippen molar-refractivity contribution < 1.29 is 14.6 Å². The van der Waals surface area contributed by atoms with Crippen LogP contribution in [0, 0.1) is 0 Å². The van der Waals surface area contributed by atoms with Crippen LogP contribution in [-0.2, 0) is 9.53 Å². The van der Waals surface area contributed by atoms with Crippen molar-refractivity contribution >= 4 is 5.97 Å². The lowest BCUT2D eigenvalue weighted by Crippen LogP contribution is -2.28. The van der Waals surface area contributed by atoms with Gasteiger partial charge in [0.1, 0.15) is 0 Å². The van der Waals surface area contributed by atoms with E-state index in [0.717, 1.165) is 6.42 Å². The number of carbonyl (C=O) groups is 1. The summed E-state index contributed by atoms with van der Waals surface area (Å²) in [5, 5.41) is 8.70. The highest BCUT2D eigenvalue weighted by atomic mass is 16.5. The summed E-state index contributed by atoms with van der Waals surface area (Å²) in [4.78, 5) is 10.3. The van der Waals surface area contributed by atoms with Gasteiger partial charge in [0, 0.05) is 0 Å². The van der Waals surface area contributed by atoms with Crippen molar-refractivity contribution in [2.24, 2.45) is 0 Å². The van der Waals surface area contributed by atoms with Crippen molar-refractivity contribution in [3.63, 3.8) is 0 Å². The van der Waals surface area contributed by atoms with Crippen LogP contribution < -0.4 is 0 Å². The van der Waals surface area contributed by atoms with Crippen molar-refractivity contribution in [1.82, 2.24) is 0 Å². The summed E-state index contributed by atoms with van der Waals surface area (Å²) in [6.07, 6.45) is 0.481. The van der Waals surface area contributed by atoms with Gasteiger partial charge < -0.3 is 9.84 Å². The van der Waals surface area contributed by atoms with Crippen LogP contribution in [0.2, 0.25) is 0 Å². The zero-order valence-electron chi connectivity index (χ0n) is 4.46. The quantitative estimate of drug-likeness (QED) is 0.441. The van der Waals surface area contributed by atoms with E-state index in [0.29, 0.717) is 13.0 Å². The molecule has 0 aromatic heterocycles. The fraction of sp³-hybridized carbons (Fsp3) is 0.800. The molecule has 46 valence electrons. The third kappa shape index (κ3) is 0.980. The summed E-state index contributed by atoms with van der Waals surface area (Å²) >= 11 is 0. The van der Waals surface area contributed by atoms with Gasteiger partial charge in [-0.15, -0.1) is 0 Å². The highest BCUT2D eigenvalue weighted by Gasteiger charge is 2.19. The van der Waals surface area contributed by atoms with Crippen molar-refractivity contribution in [3.05, 3.63) is 0 Å². The third-order valence-electron chi connectivity index (χ3n) is 1.14. The van der Waals surface area contributed by atoms with Gasteiger partial charge in [-0.1, -0.05) is 0 Å². The molecule has 1 aliphatic heterocycles. The molecule has 0 amide bonds. The fourth-order valence-electron chi connectivity index (χ4n) is 0.663. The lowest BCUT2D eigenvalue weighted by atomic mass is 10.2. The predicted octanol–water partition coefficient (Wildman–Crippen LogP) is -0.316. The van der Waals surface area contributed by atoms with Crippen LogP contribution >= 0.6 is 0 Å². The molecule has 3 nitrogen and oxygen atoms in total. The van der Waals surface area contributed by atoms with Crippen LogP contribution in [0.3, 0.4) is 0 Å². The topological polar surface area (TPSA) is 46.5 Å².